The van der Waals surface area contributed by atoms with Gasteiger partial charge in [-0.25, -0.2) is 9.78 Å². The number of aromatic carboxylic acids is 1. The average Bonchev–Trinajstić information content (AvgIpc) is 2.87. The van der Waals surface area contributed by atoms with Gasteiger partial charge < -0.3 is 15.4 Å². The van der Waals surface area contributed by atoms with E-state index in [4.69, 9.17) is 5.11 Å². The number of aromatic nitrogens is 2. The van der Waals surface area contributed by atoms with Crippen molar-refractivity contribution in [1.29, 1.82) is 0 Å². The summed E-state index contributed by atoms with van der Waals surface area (Å²) in [6.07, 6.45) is 0.410. The van der Waals surface area contributed by atoms with E-state index in [1.54, 1.807) is 13.0 Å². The molecule has 110 valence electrons. The largest absolute Gasteiger partial charge is 0.476 e. The standard InChI is InChI=1S/C13H13N3O4S/c1-7-2-3-8(12(18)15-7)11(17)14-5-4-10-16-9(6-21-10)13(19)20/h2-3,6H,4-5H2,1H3,(H,14,17)(H,15,18)(H,19,20). The van der Waals surface area contributed by atoms with Gasteiger partial charge in [0, 0.05) is 24.0 Å². The average molecular weight is 307 g/mol. The van der Waals surface area contributed by atoms with Gasteiger partial charge in [0.2, 0.25) is 0 Å². The minimum Gasteiger partial charge on any atom is -0.476 e. The first kappa shape index (κ1) is 14.9. The number of thiazole rings is 1. The molecule has 0 aliphatic heterocycles. The number of aryl methyl sites for hydroxylation is 1. The summed E-state index contributed by atoms with van der Waals surface area (Å²) in [5.74, 6) is -1.54. The monoisotopic (exact) mass is 307 g/mol. The van der Waals surface area contributed by atoms with Crippen LogP contribution in [-0.2, 0) is 6.42 Å². The van der Waals surface area contributed by atoms with Crippen molar-refractivity contribution in [2.45, 2.75) is 13.3 Å². The van der Waals surface area contributed by atoms with Gasteiger partial charge in [-0.3, -0.25) is 9.59 Å². The molecule has 21 heavy (non-hydrogen) atoms. The number of nitrogens with one attached hydrogen (secondary N) is 2. The first-order chi connectivity index (χ1) is 9.97. The first-order valence-electron chi connectivity index (χ1n) is 6.13. The lowest BCUT2D eigenvalue weighted by Gasteiger charge is -2.03. The van der Waals surface area contributed by atoms with Crippen LogP contribution in [0.2, 0.25) is 0 Å². The Balaban J connectivity index is 1.92. The number of hydrogen-bond donors (Lipinski definition) is 3. The van der Waals surface area contributed by atoms with E-state index >= 15 is 0 Å². The molecule has 0 unspecified atom stereocenters. The quantitative estimate of drug-likeness (QED) is 0.756. The van der Waals surface area contributed by atoms with E-state index in [2.05, 4.69) is 15.3 Å². The Morgan fingerprint density at radius 2 is 2.19 bits per heavy atom. The highest BCUT2D eigenvalue weighted by atomic mass is 32.1. The predicted octanol–water partition coefficient (Wildman–Crippen LogP) is 0.811. The van der Waals surface area contributed by atoms with Crippen molar-refractivity contribution >= 4 is 23.2 Å². The molecular formula is C13H13N3O4S. The summed E-state index contributed by atoms with van der Waals surface area (Å²) in [4.78, 5) is 40.6. The lowest BCUT2D eigenvalue weighted by Crippen LogP contribution is -2.31. The SMILES string of the molecule is Cc1ccc(C(=O)NCCc2nc(C(=O)O)cs2)c(=O)[nH]1. The van der Waals surface area contributed by atoms with Gasteiger partial charge in [0.1, 0.15) is 5.56 Å². The molecular weight excluding hydrogens is 294 g/mol. The van der Waals surface area contributed by atoms with Gasteiger partial charge >= 0.3 is 5.97 Å². The fourth-order valence-corrected chi connectivity index (χ4v) is 2.43. The third kappa shape index (κ3) is 3.76. The van der Waals surface area contributed by atoms with Crippen molar-refractivity contribution in [3.63, 3.8) is 0 Å². The Kier molecular flexibility index (Phi) is 4.49. The molecule has 0 saturated heterocycles. The number of hydrogen-bond acceptors (Lipinski definition) is 5. The van der Waals surface area contributed by atoms with Crippen molar-refractivity contribution in [2.75, 3.05) is 6.54 Å². The van der Waals surface area contributed by atoms with E-state index in [1.165, 1.54) is 22.8 Å². The van der Waals surface area contributed by atoms with Gasteiger partial charge in [-0.1, -0.05) is 0 Å². The maximum atomic E-state index is 11.8. The molecule has 0 bridgehead atoms. The maximum absolute atomic E-state index is 11.8. The molecule has 2 aromatic rings. The minimum absolute atomic E-state index is 0.00342. The molecule has 8 heteroatoms. The number of aromatic amines is 1. The highest BCUT2D eigenvalue weighted by molar-refractivity contribution is 7.09. The van der Waals surface area contributed by atoms with E-state index in [-0.39, 0.29) is 17.8 Å². The molecule has 2 aromatic heterocycles. The summed E-state index contributed by atoms with van der Waals surface area (Å²) in [5, 5.41) is 13.4. The van der Waals surface area contributed by atoms with Gasteiger partial charge in [0.05, 0.1) is 5.01 Å². The second-order valence-electron chi connectivity index (χ2n) is 4.32. The molecule has 0 atom stereocenters. The summed E-state index contributed by atoms with van der Waals surface area (Å²) >= 11 is 1.22. The van der Waals surface area contributed by atoms with Crippen LogP contribution in [0, 0.1) is 6.92 Å². The highest BCUT2D eigenvalue weighted by Gasteiger charge is 2.11. The molecule has 0 radical (unpaired) electrons. The molecule has 0 spiro atoms. The van der Waals surface area contributed by atoms with Crippen molar-refractivity contribution in [1.82, 2.24) is 15.3 Å². The summed E-state index contributed by atoms with van der Waals surface area (Å²) in [6, 6.07) is 3.12. The molecule has 1 amide bonds. The van der Waals surface area contributed by atoms with E-state index in [0.29, 0.717) is 17.1 Å². The predicted molar refractivity (Wildman–Crippen MR) is 76.9 cm³/mol. The van der Waals surface area contributed by atoms with Crippen molar-refractivity contribution < 1.29 is 14.7 Å². The summed E-state index contributed by atoms with van der Waals surface area (Å²) in [6.45, 7) is 2.00. The Labute approximate surface area is 123 Å². The van der Waals surface area contributed by atoms with Crippen molar-refractivity contribution in [3.8, 4) is 0 Å². The molecule has 0 fully saturated rings. The fraction of sp³-hybridized carbons (Fsp3) is 0.231. The summed E-state index contributed by atoms with van der Waals surface area (Å²) in [5.41, 5.74) is 0.290. The summed E-state index contributed by atoms with van der Waals surface area (Å²) < 4.78 is 0. The number of rotatable bonds is 5. The van der Waals surface area contributed by atoms with E-state index in [9.17, 15) is 14.4 Å². The number of pyridine rings is 1. The van der Waals surface area contributed by atoms with Crippen molar-refractivity contribution in [2.24, 2.45) is 0 Å². The number of amides is 1. The van der Waals surface area contributed by atoms with Gasteiger partial charge in [0.25, 0.3) is 11.5 Å². The number of carbonyl (C=O) groups is 2. The van der Waals surface area contributed by atoms with E-state index in [0.717, 1.165) is 0 Å². The molecule has 2 rings (SSSR count). The van der Waals surface area contributed by atoms with Gasteiger partial charge in [-0.05, 0) is 19.1 Å². The van der Waals surface area contributed by atoms with Gasteiger partial charge in [-0.2, -0.15) is 0 Å². The third-order valence-electron chi connectivity index (χ3n) is 2.70. The molecule has 0 aliphatic rings. The van der Waals surface area contributed by atoms with Crippen LogP contribution in [-0.4, -0.2) is 33.5 Å². The van der Waals surface area contributed by atoms with Crippen LogP contribution in [0.25, 0.3) is 0 Å². The molecule has 2 heterocycles. The maximum Gasteiger partial charge on any atom is 0.355 e. The summed E-state index contributed by atoms with van der Waals surface area (Å²) in [7, 11) is 0. The topological polar surface area (TPSA) is 112 Å². The lowest BCUT2D eigenvalue weighted by molar-refractivity contribution is 0.0690. The number of H-pyrrole nitrogens is 1. The Morgan fingerprint density at radius 1 is 1.43 bits per heavy atom. The van der Waals surface area contributed by atoms with Crippen LogP contribution in [0.5, 0.6) is 0 Å². The normalized spacial score (nSPS) is 10.3. The molecule has 0 aliphatic carbocycles. The minimum atomic E-state index is -1.08. The third-order valence-corrected chi connectivity index (χ3v) is 3.60. The zero-order valence-corrected chi connectivity index (χ0v) is 12.0. The van der Waals surface area contributed by atoms with E-state index in [1.807, 2.05) is 0 Å². The number of nitrogens with zero attached hydrogens (tertiary/aromatic N) is 1. The second kappa shape index (κ2) is 6.31. The number of carboxylic acid groups (broad SMARTS) is 1. The van der Waals surface area contributed by atoms with Crippen LogP contribution in [0.1, 0.15) is 31.5 Å². The van der Waals surface area contributed by atoms with Crippen molar-refractivity contribution in [3.05, 3.63) is 49.8 Å². The first-order valence-corrected chi connectivity index (χ1v) is 7.01. The second-order valence-corrected chi connectivity index (χ2v) is 5.26. The zero-order valence-electron chi connectivity index (χ0n) is 11.2. The van der Waals surface area contributed by atoms with Crippen LogP contribution in [0.4, 0.5) is 0 Å². The zero-order chi connectivity index (χ0) is 15.4. The van der Waals surface area contributed by atoms with Gasteiger partial charge in [0.15, 0.2) is 5.69 Å². The molecule has 3 N–H and O–H groups in total. The fourth-order valence-electron chi connectivity index (χ4n) is 1.65. The molecule has 7 nitrogen and oxygen atoms in total. The van der Waals surface area contributed by atoms with Crippen LogP contribution >= 0.6 is 11.3 Å². The van der Waals surface area contributed by atoms with Crippen LogP contribution in [0.15, 0.2) is 22.3 Å². The van der Waals surface area contributed by atoms with Gasteiger partial charge in [-0.15, -0.1) is 11.3 Å². The Hall–Kier alpha value is -2.48. The number of carboxylic acids is 1. The van der Waals surface area contributed by atoms with E-state index < -0.39 is 17.4 Å². The highest BCUT2D eigenvalue weighted by Crippen LogP contribution is 2.09. The molecule has 0 saturated carbocycles. The lowest BCUT2D eigenvalue weighted by atomic mass is 10.2. The smallest absolute Gasteiger partial charge is 0.355 e. The Morgan fingerprint density at radius 3 is 2.81 bits per heavy atom. The van der Waals surface area contributed by atoms with Crippen LogP contribution in [0.3, 0.4) is 0 Å². The van der Waals surface area contributed by atoms with Crippen LogP contribution < -0.4 is 10.9 Å². The molecule has 0 aromatic carbocycles. The number of carbonyl (C=O) groups excluding carboxylic acids is 1. The Bertz CT molecular complexity index is 735.